The van der Waals surface area contributed by atoms with Crippen LogP contribution < -0.4 is 5.32 Å². The largest absolute Gasteiger partial charge is 0.410 e. The van der Waals surface area contributed by atoms with Gasteiger partial charge in [0.05, 0.1) is 22.4 Å². The number of nitrogens with one attached hydrogen (secondary N) is 1. The molecule has 3 atom stereocenters. The molecule has 6 nitrogen and oxygen atoms in total. The van der Waals surface area contributed by atoms with Crippen molar-refractivity contribution in [1.82, 2.24) is 19.7 Å². The molecule has 2 aliphatic heterocycles. The average Bonchev–Trinajstić information content (AvgIpc) is 3.28. The van der Waals surface area contributed by atoms with Gasteiger partial charge in [0.1, 0.15) is 10.7 Å². The van der Waals surface area contributed by atoms with Gasteiger partial charge in [0.15, 0.2) is 6.04 Å². The number of alkyl halides is 3. The summed E-state index contributed by atoms with van der Waals surface area (Å²) in [6.45, 7) is 6.11. The van der Waals surface area contributed by atoms with Crippen LogP contribution in [0.4, 0.5) is 19.0 Å². The number of aryl methyl sites for hydroxylation is 2. The first kappa shape index (κ1) is 21.1. The predicted molar refractivity (Wildman–Crippen MR) is 109 cm³/mol. The molecule has 1 saturated heterocycles. The summed E-state index contributed by atoms with van der Waals surface area (Å²) in [5.74, 6) is 0.272. The molecular weight excluding hydrogens is 415 g/mol. The smallest absolute Gasteiger partial charge is 0.367 e. The fourth-order valence-electron chi connectivity index (χ4n) is 4.44. The first-order valence-corrected chi connectivity index (χ1v) is 11.2. The van der Waals surface area contributed by atoms with Crippen molar-refractivity contribution in [2.45, 2.75) is 77.2 Å². The molecule has 0 radical (unpaired) electrons. The highest BCUT2D eigenvalue weighted by atomic mass is 32.1. The lowest BCUT2D eigenvalue weighted by Gasteiger charge is -2.34. The van der Waals surface area contributed by atoms with Crippen molar-refractivity contribution in [3.05, 3.63) is 27.3 Å². The Labute approximate surface area is 177 Å². The van der Waals surface area contributed by atoms with Crippen molar-refractivity contribution in [3.8, 4) is 0 Å². The third kappa shape index (κ3) is 3.81. The Morgan fingerprint density at radius 1 is 1.33 bits per heavy atom. The number of thiazole rings is 1. The number of fused-ring (bicyclic) bond motifs is 1. The average molecular weight is 442 g/mol. The predicted octanol–water partition coefficient (Wildman–Crippen LogP) is 5.02. The molecule has 30 heavy (non-hydrogen) atoms. The van der Waals surface area contributed by atoms with Gasteiger partial charge in [-0.05, 0) is 46.0 Å². The van der Waals surface area contributed by atoms with Crippen molar-refractivity contribution in [2.75, 3.05) is 11.9 Å². The molecule has 10 heteroatoms. The molecule has 1 fully saturated rings. The summed E-state index contributed by atoms with van der Waals surface area (Å²) in [5, 5.41) is 8.38. The first-order valence-electron chi connectivity index (χ1n) is 10.4. The second-order valence-electron chi connectivity index (χ2n) is 8.10. The minimum atomic E-state index is -4.37. The number of rotatable bonds is 3. The zero-order valence-electron chi connectivity index (χ0n) is 17.3. The fourth-order valence-corrected chi connectivity index (χ4v) is 5.32. The van der Waals surface area contributed by atoms with Gasteiger partial charge in [-0.15, -0.1) is 11.3 Å². The van der Waals surface area contributed by atoms with Gasteiger partial charge in [-0.2, -0.15) is 18.3 Å². The number of hydrogen-bond acceptors (Lipinski definition) is 5. The zero-order chi connectivity index (χ0) is 21.6. The number of piperidine rings is 1. The van der Waals surface area contributed by atoms with E-state index in [9.17, 15) is 18.0 Å². The minimum absolute atomic E-state index is 0.0409. The van der Waals surface area contributed by atoms with Crippen LogP contribution >= 0.6 is 11.3 Å². The SMILES string of the molecule is CC[C@@H]1C[C@H](C(F)(F)F)n2nc([C@H]3CCCCN3C(=O)c3sc(C)nc3C)cc2N1. The molecule has 164 valence electrons. The lowest BCUT2D eigenvalue weighted by molar-refractivity contribution is -0.173. The highest BCUT2D eigenvalue weighted by Crippen LogP contribution is 2.42. The van der Waals surface area contributed by atoms with E-state index in [0.717, 1.165) is 22.5 Å². The molecule has 0 unspecified atom stereocenters. The fraction of sp³-hybridized carbons (Fsp3) is 0.650. The molecule has 0 aliphatic carbocycles. The molecule has 1 N–H and O–H groups in total. The second-order valence-corrected chi connectivity index (χ2v) is 9.30. The van der Waals surface area contributed by atoms with Gasteiger partial charge in [0.2, 0.25) is 0 Å². The maximum absolute atomic E-state index is 13.7. The van der Waals surface area contributed by atoms with Gasteiger partial charge in [-0.25, -0.2) is 9.67 Å². The molecular formula is C20H26F3N5OS. The number of aromatic nitrogens is 3. The summed E-state index contributed by atoms with van der Waals surface area (Å²) >= 11 is 1.36. The first-order chi connectivity index (χ1) is 14.2. The lowest BCUT2D eigenvalue weighted by atomic mass is 9.98. The lowest BCUT2D eigenvalue weighted by Crippen LogP contribution is -2.39. The van der Waals surface area contributed by atoms with Crippen molar-refractivity contribution < 1.29 is 18.0 Å². The number of anilines is 1. The van der Waals surface area contributed by atoms with E-state index in [1.165, 1.54) is 11.3 Å². The Hall–Kier alpha value is -2.10. The van der Waals surface area contributed by atoms with E-state index in [-0.39, 0.29) is 24.4 Å². The normalized spacial score (nSPS) is 24.5. The minimum Gasteiger partial charge on any atom is -0.367 e. The number of carbonyl (C=O) groups is 1. The summed E-state index contributed by atoms with van der Waals surface area (Å²) in [5.41, 5.74) is 1.22. The highest BCUT2D eigenvalue weighted by molar-refractivity contribution is 7.13. The van der Waals surface area contributed by atoms with Gasteiger partial charge in [-0.3, -0.25) is 4.79 Å². The van der Waals surface area contributed by atoms with Crippen molar-refractivity contribution in [2.24, 2.45) is 0 Å². The molecule has 2 aromatic rings. The van der Waals surface area contributed by atoms with Gasteiger partial charge >= 0.3 is 6.18 Å². The third-order valence-electron chi connectivity index (χ3n) is 5.98. The molecule has 1 amide bonds. The van der Waals surface area contributed by atoms with Crippen LogP contribution in [-0.4, -0.2) is 44.3 Å². The Morgan fingerprint density at radius 2 is 2.10 bits per heavy atom. The van der Waals surface area contributed by atoms with Crippen LogP contribution in [0.25, 0.3) is 0 Å². The summed E-state index contributed by atoms with van der Waals surface area (Å²) in [6, 6.07) is -0.532. The van der Waals surface area contributed by atoms with Gasteiger partial charge in [0, 0.05) is 18.7 Å². The number of likely N-dealkylation sites (tertiary alicyclic amines) is 1. The Kier molecular flexibility index (Phi) is 5.54. The molecule has 0 bridgehead atoms. The van der Waals surface area contributed by atoms with Crippen LogP contribution in [0.15, 0.2) is 6.07 Å². The van der Waals surface area contributed by atoms with E-state index >= 15 is 0 Å². The highest BCUT2D eigenvalue weighted by Gasteiger charge is 2.46. The van der Waals surface area contributed by atoms with Crippen LogP contribution in [-0.2, 0) is 0 Å². The number of hydrogen-bond donors (Lipinski definition) is 1. The molecule has 4 rings (SSSR count). The molecule has 2 aliphatic rings. The summed E-state index contributed by atoms with van der Waals surface area (Å²) < 4.78 is 42.2. The Morgan fingerprint density at radius 3 is 2.73 bits per heavy atom. The van der Waals surface area contributed by atoms with Crippen LogP contribution in [0, 0.1) is 13.8 Å². The number of amides is 1. The number of halogens is 3. The zero-order valence-corrected chi connectivity index (χ0v) is 18.1. The van der Waals surface area contributed by atoms with Crippen molar-refractivity contribution in [3.63, 3.8) is 0 Å². The van der Waals surface area contributed by atoms with Crippen LogP contribution in [0.3, 0.4) is 0 Å². The standard InChI is InChI=1S/C20H26F3N5OS/c1-4-13-9-16(20(21,22)23)28-17(25-13)10-14(26-28)15-7-5-6-8-27(15)19(29)18-11(2)24-12(3)30-18/h10,13,15-16,25H,4-9H2,1-3H3/t13-,15-,16-/m1/s1. The van der Waals surface area contributed by atoms with E-state index in [1.54, 1.807) is 11.0 Å². The van der Waals surface area contributed by atoms with Crippen LogP contribution in [0.2, 0.25) is 0 Å². The number of carbonyl (C=O) groups excluding carboxylic acids is 1. The molecule has 0 aromatic carbocycles. The van der Waals surface area contributed by atoms with Crippen molar-refractivity contribution >= 4 is 23.1 Å². The second kappa shape index (κ2) is 7.86. The molecule has 0 spiro atoms. The molecule has 0 saturated carbocycles. The van der Waals surface area contributed by atoms with E-state index in [0.29, 0.717) is 41.5 Å². The monoisotopic (exact) mass is 441 g/mol. The van der Waals surface area contributed by atoms with E-state index in [1.807, 2.05) is 20.8 Å². The van der Waals surface area contributed by atoms with Crippen molar-refractivity contribution in [1.29, 1.82) is 0 Å². The maximum Gasteiger partial charge on any atom is 0.410 e. The van der Waals surface area contributed by atoms with Gasteiger partial charge in [0.25, 0.3) is 5.91 Å². The van der Waals surface area contributed by atoms with Gasteiger partial charge < -0.3 is 10.2 Å². The van der Waals surface area contributed by atoms with E-state index in [4.69, 9.17) is 0 Å². The van der Waals surface area contributed by atoms with Crippen LogP contribution in [0.1, 0.15) is 77.2 Å². The summed E-state index contributed by atoms with van der Waals surface area (Å²) in [4.78, 5) is 20.0. The Balaban J connectivity index is 1.68. The Bertz CT molecular complexity index is 938. The topological polar surface area (TPSA) is 63.1 Å². The molecule has 2 aromatic heterocycles. The quantitative estimate of drug-likeness (QED) is 0.726. The maximum atomic E-state index is 13.7. The van der Waals surface area contributed by atoms with E-state index < -0.39 is 12.2 Å². The third-order valence-corrected chi connectivity index (χ3v) is 7.04. The molecule has 4 heterocycles. The van der Waals surface area contributed by atoms with E-state index in [2.05, 4.69) is 15.4 Å². The van der Waals surface area contributed by atoms with Gasteiger partial charge in [-0.1, -0.05) is 6.92 Å². The van der Waals surface area contributed by atoms with Crippen LogP contribution in [0.5, 0.6) is 0 Å². The summed E-state index contributed by atoms with van der Waals surface area (Å²) in [6.07, 6.45) is -1.34. The summed E-state index contributed by atoms with van der Waals surface area (Å²) in [7, 11) is 0. The number of nitrogens with zero attached hydrogens (tertiary/aromatic N) is 4.